The summed E-state index contributed by atoms with van der Waals surface area (Å²) in [4.78, 5) is 35.0. The van der Waals surface area contributed by atoms with Crippen LogP contribution in [-0.4, -0.2) is 76.3 Å². The largest absolute Gasteiger partial charge is 0.379 e. The van der Waals surface area contributed by atoms with Gasteiger partial charge in [-0.15, -0.1) is 0 Å². The second-order valence-corrected chi connectivity index (χ2v) is 8.58. The molecule has 0 aliphatic carbocycles. The van der Waals surface area contributed by atoms with Gasteiger partial charge in [-0.3, -0.25) is 19.6 Å². The number of benzene rings is 2. The number of rotatable bonds is 8. The van der Waals surface area contributed by atoms with Gasteiger partial charge in [0.1, 0.15) is 17.2 Å². The number of hydrogen-bond acceptors (Lipinski definition) is 6. The van der Waals surface area contributed by atoms with Crippen LogP contribution in [0.4, 0.5) is 14.5 Å². The molecule has 2 aromatic carbocycles. The van der Waals surface area contributed by atoms with Crippen LogP contribution in [0.3, 0.4) is 0 Å². The maximum absolute atomic E-state index is 14.0. The van der Waals surface area contributed by atoms with Gasteiger partial charge in [-0.1, -0.05) is 6.07 Å². The van der Waals surface area contributed by atoms with Crippen LogP contribution in [0.2, 0.25) is 0 Å². The van der Waals surface area contributed by atoms with Gasteiger partial charge >= 0.3 is 0 Å². The van der Waals surface area contributed by atoms with E-state index in [4.69, 9.17) is 4.74 Å². The maximum Gasteiger partial charge on any atom is 0.261 e. The Labute approximate surface area is 210 Å². The van der Waals surface area contributed by atoms with Crippen LogP contribution in [0.5, 0.6) is 0 Å². The van der Waals surface area contributed by atoms with Crippen molar-refractivity contribution < 1.29 is 23.1 Å². The van der Waals surface area contributed by atoms with E-state index < -0.39 is 23.1 Å². The first kappa shape index (κ1) is 24.5. The number of amides is 2. The molecule has 2 aromatic heterocycles. The van der Waals surface area contributed by atoms with Crippen LogP contribution in [-0.2, 0) is 4.74 Å². The fourth-order valence-electron chi connectivity index (χ4n) is 4.16. The van der Waals surface area contributed by atoms with Crippen LogP contribution >= 0.6 is 0 Å². The zero-order valence-electron chi connectivity index (χ0n) is 19.8. The summed E-state index contributed by atoms with van der Waals surface area (Å²) in [6.45, 7) is 4.76. The molecule has 0 unspecified atom stereocenters. The lowest BCUT2D eigenvalue weighted by atomic mass is 10.2. The number of carbonyl (C=O) groups excluding carboxylic acids is 2. The average molecular weight is 510 g/mol. The lowest BCUT2D eigenvalue weighted by molar-refractivity contribution is 0.0374. The number of halogens is 2. The van der Waals surface area contributed by atoms with Crippen LogP contribution < -0.4 is 10.6 Å². The van der Waals surface area contributed by atoms with Crippen LogP contribution in [0.15, 0.2) is 42.6 Å². The first-order valence-corrected chi connectivity index (χ1v) is 11.9. The topological polar surface area (TPSA) is 128 Å². The first-order valence-electron chi connectivity index (χ1n) is 11.9. The second kappa shape index (κ2) is 10.8. The van der Waals surface area contributed by atoms with Crippen molar-refractivity contribution in [1.29, 1.82) is 0 Å². The van der Waals surface area contributed by atoms with Gasteiger partial charge < -0.3 is 20.4 Å². The fraction of sp³-hybridized carbons (Fsp3) is 0.280. The fourth-order valence-corrected chi connectivity index (χ4v) is 4.16. The van der Waals surface area contributed by atoms with Crippen molar-refractivity contribution in [2.75, 3.05) is 44.7 Å². The van der Waals surface area contributed by atoms with E-state index in [1.54, 1.807) is 18.2 Å². The number of aromatic amines is 2. The molecule has 5 rings (SSSR count). The van der Waals surface area contributed by atoms with E-state index in [0.717, 1.165) is 51.4 Å². The second-order valence-electron chi connectivity index (χ2n) is 8.58. The lowest BCUT2D eigenvalue weighted by Gasteiger charge is -2.26. The predicted octanol–water partition coefficient (Wildman–Crippen LogP) is 2.94. The third-order valence-corrected chi connectivity index (χ3v) is 6.09. The molecule has 0 saturated carbocycles. The Bertz CT molecular complexity index is 1410. The number of imidazole rings is 1. The van der Waals surface area contributed by atoms with Gasteiger partial charge in [0, 0.05) is 31.4 Å². The number of nitrogens with one attached hydrogen (secondary N) is 4. The van der Waals surface area contributed by atoms with E-state index in [1.807, 2.05) is 0 Å². The highest BCUT2D eigenvalue weighted by atomic mass is 19.1. The van der Waals surface area contributed by atoms with Gasteiger partial charge in [-0.25, -0.2) is 13.8 Å². The number of carbonyl (C=O) groups is 2. The molecule has 0 spiro atoms. The van der Waals surface area contributed by atoms with Gasteiger partial charge in [0.15, 0.2) is 11.5 Å². The van der Waals surface area contributed by atoms with E-state index in [0.29, 0.717) is 29.0 Å². The molecule has 37 heavy (non-hydrogen) atoms. The van der Waals surface area contributed by atoms with Crippen molar-refractivity contribution in [3.8, 4) is 11.5 Å². The van der Waals surface area contributed by atoms with Gasteiger partial charge in [0.2, 0.25) is 0 Å². The molecule has 0 atom stereocenters. The molecule has 4 N–H and O–H groups in total. The Morgan fingerprint density at radius 2 is 1.86 bits per heavy atom. The van der Waals surface area contributed by atoms with Gasteiger partial charge in [-0.05, 0) is 43.3 Å². The molecule has 4 aromatic rings. The molecule has 0 radical (unpaired) electrons. The van der Waals surface area contributed by atoms with E-state index in [1.165, 1.54) is 12.3 Å². The third kappa shape index (κ3) is 5.49. The SMILES string of the molecule is O=C(NCCCN1CCOCC1)c1ccc2[nH]c(-c3n[nH]cc3NC(=O)c3c(F)cccc3F)nc2c1. The third-order valence-electron chi connectivity index (χ3n) is 6.09. The minimum absolute atomic E-state index is 0.185. The van der Waals surface area contributed by atoms with Crippen molar-refractivity contribution in [3.05, 3.63) is 65.4 Å². The summed E-state index contributed by atoms with van der Waals surface area (Å²) in [6, 6.07) is 8.27. The highest BCUT2D eigenvalue weighted by molar-refractivity contribution is 6.06. The monoisotopic (exact) mass is 509 g/mol. The summed E-state index contributed by atoms with van der Waals surface area (Å²) in [5.74, 6) is -2.80. The standard InChI is InChI=1S/C25H25F2N7O3/c26-16-3-1-4-17(27)21(16)25(36)32-20-14-29-33-22(20)23-30-18-6-5-15(13-19(18)31-23)24(35)28-7-2-8-34-9-11-37-12-10-34/h1,3-6,13-14H,2,7-12H2,(H,28,35)(H,29,33)(H,30,31)(H,32,36). The van der Waals surface area contributed by atoms with E-state index in [2.05, 4.69) is 35.7 Å². The smallest absolute Gasteiger partial charge is 0.261 e. The number of fused-ring (bicyclic) bond motifs is 1. The first-order chi connectivity index (χ1) is 18.0. The number of ether oxygens (including phenoxy) is 1. The zero-order chi connectivity index (χ0) is 25.8. The minimum atomic E-state index is -0.974. The Hall–Kier alpha value is -4.16. The van der Waals surface area contributed by atoms with Gasteiger partial charge in [0.05, 0.1) is 29.9 Å². The lowest BCUT2D eigenvalue weighted by Crippen LogP contribution is -2.38. The Balaban J connectivity index is 1.25. The highest BCUT2D eigenvalue weighted by Crippen LogP contribution is 2.27. The van der Waals surface area contributed by atoms with Crippen molar-refractivity contribution >= 4 is 28.5 Å². The molecular formula is C25H25F2N7O3. The van der Waals surface area contributed by atoms with Crippen molar-refractivity contribution in [3.63, 3.8) is 0 Å². The van der Waals surface area contributed by atoms with Crippen LogP contribution in [0.25, 0.3) is 22.6 Å². The summed E-state index contributed by atoms with van der Waals surface area (Å²) in [5.41, 5.74) is 1.37. The highest BCUT2D eigenvalue weighted by Gasteiger charge is 2.21. The Morgan fingerprint density at radius 3 is 2.65 bits per heavy atom. The number of aromatic nitrogens is 4. The van der Waals surface area contributed by atoms with E-state index in [-0.39, 0.29) is 17.3 Å². The summed E-state index contributed by atoms with van der Waals surface area (Å²) >= 11 is 0. The van der Waals surface area contributed by atoms with Crippen LogP contribution in [0.1, 0.15) is 27.1 Å². The van der Waals surface area contributed by atoms with Gasteiger partial charge in [0.25, 0.3) is 11.8 Å². The molecule has 10 nitrogen and oxygen atoms in total. The summed E-state index contributed by atoms with van der Waals surface area (Å²) < 4.78 is 33.3. The molecule has 1 aliphatic rings. The maximum atomic E-state index is 14.0. The molecule has 1 saturated heterocycles. The molecular weight excluding hydrogens is 484 g/mol. The average Bonchev–Trinajstić information content (AvgIpc) is 3.53. The zero-order valence-corrected chi connectivity index (χ0v) is 19.8. The normalized spacial score (nSPS) is 14.1. The number of morpholine rings is 1. The van der Waals surface area contributed by atoms with Crippen molar-refractivity contribution in [1.82, 2.24) is 30.4 Å². The number of hydrogen-bond donors (Lipinski definition) is 4. The molecule has 1 fully saturated rings. The molecule has 1 aliphatic heterocycles. The van der Waals surface area contributed by atoms with Crippen molar-refractivity contribution in [2.45, 2.75) is 6.42 Å². The van der Waals surface area contributed by atoms with E-state index >= 15 is 0 Å². The number of H-pyrrole nitrogens is 2. The molecule has 12 heteroatoms. The summed E-state index contributed by atoms with van der Waals surface area (Å²) in [6.07, 6.45) is 2.22. The van der Waals surface area contributed by atoms with E-state index in [9.17, 15) is 18.4 Å². The van der Waals surface area contributed by atoms with Crippen molar-refractivity contribution in [2.24, 2.45) is 0 Å². The number of anilines is 1. The Kier molecular flexibility index (Phi) is 7.19. The van der Waals surface area contributed by atoms with Crippen LogP contribution in [0, 0.1) is 11.6 Å². The summed E-state index contributed by atoms with van der Waals surface area (Å²) in [5, 5.41) is 12.1. The van der Waals surface area contributed by atoms with Gasteiger partial charge in [-0.2, -0.15) is 5.10 Å². The molecule has 2 amide bonds. The Morgan fingerprint density at radius 1 is 1.08 bits per heavy atom. The summed E-state index contributed by atoms with van der Waals surface area (Å²) in [7, 11) is 0. The number of nitrogens with zero attached hydrogens (tertiary/aromatic N) is 3. The molecule has 0 bridgehead atoms. The predicted molar refractivity (Wildman–Crippen MR) is 132 cm³/mol. The molecule has 192 valence electrons. The molecule has 3 heterocycles. The minimum Gasteiger partial charge on any atom is -0.379 e. The quantitative estimate of drug-likeness (QED) is 0.271.